The van der Waals surface area contributed by atoms with Crippen LogP contribution >= 0.6 is 0 Å². The molecule has 12 heteroatoms. The molecular formula is C30H36F3N7O2. The van der Waals surface area contributed by atoms with E-state index in [0.717, 1.165) is 24.6 Å². The van der Waals surface area contributed by atoms with Gasteiger partial charge in [0, 0.05) is 50.0 Å². The quantitative estimate of drug-likeness (QED) is 0.454. The molecule has 42 heavy (non-hydrogen) atoms. The Hall–Kier alpha value is -3.85. The van der Waals surface area contributed by atoms with Crippen LogP contribution in [0.4, 0.5) is 24.7 Å². The number of likely N-dealkylation sites (N-methyl/N-ethyl adjacent to an activating group) is 1. The molecule has 2 saturated heterocycles. The Bertz CT molecular complexity index is 1360. The van der Waals surface area contributed by atoms with Crippen LogP contribution in [0, 0.1) is 17.2 Å². The Morgan fingerprint density at radius 1 is 1.17 bits per heavy atom. The van der Waals surface area contributed by atoms with Gasteiger partial charge in [0.15, 0.2) is 0 Å². The van der Waals surface area contributed by atoms with Gasteiger partial charge in [0.05, 0.1) is 36.3 Å². The van der Waals surface area contributed by atoms with E-state index in [1.165, 1.54) is 18.2 Å². The van der Waals surface area contributed by atoms with Crippen molar-refractivity contribution in [1.82, 2.24) is 19.8 Å². The first-order valence-electron chi connectivity index (χ1n) is 14.3. The average molecular weight is 584 g/mol. The van der Waals surface area contributed by atoms with Crippen molar-refractivity contribution in [3.05, 3.63) is 53.7 Å². The number of fused-ring (bicyclic) bond motifs is 1. The monoisotopic (exact) mass is 583 g/mol. The molecule has 0 N–H and O–H groups in total. The molecule has 3 aliphatic heterocycles. The van der Waals surface area contributed by atoms with E-state index >= 15 is 0 Å². The van der Waals surface area contributed by atoms with Crippen molar-refractivity contribution < 1.29 is 22.7 Å². The second-order valence-electron chi connectivity index (χ2n) is 11.4. The Morgan fingerprint density at radius 2 is 1.95 bits per heavy atom. The highest BCUT2D eigenvalue weighted by Crippen LogP contribution is 2.39. The lowest BCUT2D eigenvalue weighted by Crippen LogP contribution is -2.55. The zero-order valence-electron chi connectivity index (χ0n) is 24.0. The summed E-state index contributed by atoms with van der Waals surface area (Å²) >= 11 is 0. The van der Waals surface area contributed by atoms with Crippen LogP contribution in [0.3, 0.4) is 0 Å². The molecule has 4 heterocycles. The molecule has 0 radical (unpaired) electrons. The Balaban J connectivity index is 1.47. The number of anilines is 2. The van der Waals surface area contributed by atoms with Crippen LogP contribution < -0.4 is 14.5 Å². The number of alkyl halides is 3. The predicted molar refractivity (Wildman–Crippen MR) is 152 cm³/mol. The standard InChI is InChI=1S/C30H36F3N7O2/c1-4-27(41)40-14-13-39(17-21(40)9-11-34)28-23-10-12-38(26-8-6-5-7-24(26)30(31,32)33)18-25(23)35-29(36-28)42-19-22-15-20(2)16-37(22)3/h4-8,20-22H,1,9-10,12-19H2,2-3H3/t20-,21?,22+/m1/s1. The van der Waals surface area contributed by atoms with E-state index in [1.807, 2.05) is 4.90 Å². The second-order valence-corrected chi connectivity index (χ2v) is 11.4. The maximum absolute atomic E-state index is 13.9. The van der Waals surface area contributed by atoms with Gasteiger partial charge >= 0.3 is 12.2 Å². The lowest BCUT2D eigenvalue weighted by molar-refractivity contribution is -0.137. The highest BCUT2D eigenvalue weighted by Gasteiger charge is 2.37. The Labute approximate surface area is 244 Å². The van der Waals surface area contributed by atoms with Crippen molar-refractivity contribution >= 4 is 17.4 Å². The summed E-state index contributed by atoms with van der Waals surface area (Å²) in [7, 11) is 2.06. The molecule has 0 saturated carbocycles. The zero-order chi connectivity index (χ0) is 30.0. The molecule has 1 aromatic heterocycles. The largest absolute Gasteiger partial charge is 0.462 e. The number of hydrogen-bond donors (Lipinski definition) is 0. The van der Waals surface area contributed by atoms with Gasteiger partial charge in [0.1, 0.15) is 12.4 Å². The topological polar surface area (TPSA) is 88.8 Å². The van der Waals surface area contributed by atoms with Gasteiger partial charge in [-0.2, -0.15) is 28.4 Å². The fourth-order valence-electron chi connectivity index (χ4n) is 6.37. The number of halogens is 3. The molecule has 0 bridgehead atoms. The molecule has 1 unspecified atom stereocenters. The highest BCUT2D eigenvalue weighted by atomic mass is 19.4. The first kappa shape index (κ1) is 29.6. The Kier molecular flexibility index (Phi) is 8.59. The Morgan fingerprint density at radius 3 is 2.64 bits per heavy atom. The number of hydrogen-bond acceptors (Lipinski definition) is 8. The van der Waals surface area contributed by atoms with E-state index in [0.29, 0.717) is 56.6 Å². The van der Waals surface area contributed by atoms with Crippen molar-refractivity contribution in [2.75, 3.05) is 56.2 Å². The fourth-order valence-corrected chi connectivity index (χ4v) is 6.37. The summed E-state index contributed by atoms with van der Waals surface area (Å²) in [6, 6.07) is 7.82. The maximum atomic E-state index is 13.9. The number of carbonyl (C=O) groups excluding carboxylic acids is 1. The van der Waals surface area contributed by atoms with Crippen molar-refractivity contribution in [3.63, 3.8) is 0 Å². The van der Waals surface area contributed by atoms with E-state index in [4.69, 9.17) is 14.7 Å². The van der Waals surface area contributed by atoms with Gasteiger partial charge in [-0.05, 0) is 44.0 Å². The first-order valence-corrected chi connectivity index (χ1v) is 14.3. The number of nitriles is 1. The van der Waals surface area contributed by atoms with E-state index < -0.39 is 11.7 Å². The summed E-state index contributed by atoms with van der Waals surface area (Å²) in [4.78, 5) is 29.7. The van der Waals surface area contributed by atoms with E-state index in [9.17, 15) is 23.2 Å². The fraction of sp³-hybridized carbons (Fsp3) is 0.533. The number of aromatic nitrogens is 2. The molecule has 224 valence electrons. The normalized spacial score (nSPS) is 23.0. The van der Waals surface area contributed by atoms with Gasteiger partial charge in [0.25, 0.3) is 0 Å². The molecule has 3 aliphatic rings. The van der Waals surface area contributed by atoms with Crippen LogP contribution in [0.15, 0.2) is 36.9 Å². The molecule has 2 fully saturated rings. The molecule has 2 aromatic rings. The number of para-hydroxylation sites is 1. The van der Waals surface area contributed by atoms with Gasteiger partial charge in [-0.25, -0.2) is 0 Å². The summed E-state index contributed by atoms with van der Waals surface area (Å²) in [6.07, 6.45) is -1.64. The van der Waals surface area contributed by atoms with Crippen LogP contribution in [-0.4, -0.2) is 84.1 Å². The van der Waals surface area contributed by atoms with Gasteiger partial charge in [-0.3, -0.25) is 9.69 Å². The number of carbonyl (C=O) groups is 1. The van der Waals surface area contributed by atoms with Crippen molar-refractivity contribution in [2.45, 2.75) is 51.0 Å². The smallest absolute Gasteiger partial charge is 0.418 e. The molecule has 0 aliphatic carbocycles. The van der Waals surface area contributed by atoms with Gasteiger partial charge < -0.3 is 19.4 Å². The van der Waals surface area contributed by atoms with Crippen molar-refractivity contribution in [3.8, 4) is 12.1 Å². The molecule has 5 rings (SSSR count). The van der Waals surface area contributed by atoms with Crippen LogP contribution in [0.5, 0.6) is 6.01 Å². The predicted octanol–water partition coefficient (Wildman–Crippen LogP) is 3.89. The van der Waals surface area contributed by atoms with Crippen molar-refractivity contribution in [1.29, 1.82) is 5.26 Å². The third kappa shape index (κ3) is 6.16. The summed E-state index contributed by atoms with van der Waals surface area (Å²) in [5.74, 6) is 0.982. The third-order valence-corrected chi connectivity index (χ3v) is 8.44. The average Bonchev–Trinajstić information content (AvgIpc) is 3.30. The number of piperazine rings is 1. The minimum Gasteiger partial charge on any atom is -0.462 e. The van der Waals surface area contributed by atoms with E-state index in [1.54, 1.807) is 15.9 Å². The minimum absolute atomic E-state index is 0.116. The second kappa shape index (κ2) is 12.2. The minimum atomic E-state index is -4.48. The molecule has 3 atom stereocenters. The number of amides is 1. The number of likely N-dealkylation sites (tertiary alicyclic amines) is 1. The zero-order valence-corrected chi connectivity index (χ0v) is 24.0. The highest BCUT2D eigenvalue weighted by molar-refractivity contribution is 5.87. The molecule has 9 nitrogen and oxygen atoms in total. The van der Waals surface area contributed by atoms with Crippen LogP contribution in [-0.2, 0) is 23.9 Å². The molecule has 1 amide bonds. The van der Waals surface area contributed by atoms with E-state index in [2.05, 4.69) is 31.5 Å². The summed E-state index contributed by atoms with van der Waals surface area (Å²) < 4.78 is 47.7. The number of ether oxygens (including phenoxy) is 1. The molecular weight excluding hydrogens is 547 g/mol. The summed E-state index contributed by atoms with van der Waals surface area (Å²) in [5.41, 5.74) is 0.909. The van der Waals surface area contributed by atoms with Crippen LogP contribution in [0.2, 0.25) is 0 Å². The summed E-state index contributed by atoms with van der Waals surface area (Å²) in [5, 5.41) is 9.45. The van der Waals surface area contributed by atoms with Gasteiger partial charge in [-0.15, -0.1) is 0 Å². The molecule has 1 aromatic carbocycles. The lowest BCUT2D eigenvalue weighted by atomic mass is 10.0. The number of nitrogens with zero attached hydrogens (tertiary/aromatic N) is 7. The third-order valence-electron chi connectivity index (χ3n) is 8.44. The number of benzene rings is 1. The van der Waals surface area contributed by atoms with Crippen LogP contribution in [0.25, 0.3) is 0 Å². The van der Waals surface area contributed by atoms with Gasteiger partial charge in [-0.1, -0.05) is 25.6 Å². The van der Waals surface area contributed by atoms with Crippen molar-refractivity contribution in [2.24, 2.45) is 5.92 Å². The van der Waals surface area contributed by atoms with Crippen LogP contribution in [0.1, 0.15) is 36.6 Å². The maximum Gasteiger partial charge on any atom is 0.418 e. The summed E-state index contributed by atoms with van der Waals surface area (Å²) in [6.45, 7) is 8.96. The number of rotatable bonds is 7. The first-order chi connectivity index (χ1) is 20.1. The SMILES string of the molecule is C=CC(=O)N1CCN(c2nc(OC[C@@H]3C[C@@H](C)CN3C)nc3c2CCN(c2ccccc2C(F)(F)F)C3)CC1CC#N. The lowest BCUT2D eigenvalue weighted by Gasteiger charge is -2.42. The van der Waals surface area contributed by atoms with E-state index in [-0.39, 0.29) is 42.7 Å². The van der Waals surface area contributed by atoms with Gasteiger partial charge in [0.2, 0.25) is 5.91 Å². The molecule has 0 spiro atoms.